The number of hydrogen-bond donors (Lipinski definition) is 2. The lowest BCUT2D eigenvalue weighted by molar-refractivity contribution is 0.0609. The summed E-state index contributed by atoms with van der Waals surface area (Å²) >= 11 is 3.41. The predicted octanol–water partition coefficient (Wildman–Crippen LogP) is 2.03. The molecule has 1 heterocycles. The minimum absolute atomic E-state index is 0.107. The third kappa shape index (κ3) is 4.71. The quantitative estimate of drug-likeness (QED) is 0.598. The number of nitrogens with zero attached hydrogens (tertiary/aromatic N) is 1. The summed E-state index contributed by atoms with van der Waals surface area (Å²) in [5.41, 5.74) is 3.98. The van der Waals surface area contributed by atoms with Crippen LogP contribution in [0.15, 0.2) is 22.9 Å². The van der Waals surface area contributed by atoms with Gasteiger partial charge >= 0.3 is 0 Å². The van der Waals surface area contributed by atoms with Gasteiger partial charge in [-0.1, -0.05) is 13.3 Å². The molecule has 0 aliphatic rings. The van der Waals surface area contributed by atoms with Crippen molar-refractivity contribution < 1.29 is 4.74 Å². The summed E-state index contributed by atoms with van der Waals surface area (Å²) in [5, 5.41) is 0. The van der Waals surface area contributed by atoms with Crippen molar-refractivity contribution in [2.24, 2.45) is 5.84 Å². The van der Waals surface area contributed by atoms with Gasteiger partial charge in [-0.15, -0.1) is 0 Å². The van der Waals surface area contributed by atoms with Gasteiger partial charge in [0.15, 0.2) is 0 Å². The highest BCUT2D eigenvalue weighted by Gasteiger charge is 2.19. The third-order valence-corrected chi connectivity index (χ3v) is 3.19. The Morgan fingerprint density at radius 3 is 2.82 bits per heavy atom. The summed E-state index contributed by atoms with van der Waals surface area (Å²) in [6.07, 6.45) is 6.63. The molecular formula is C12H20BrN3O. The first-order valence-corrected chi connectivity index (χ1v) is 6.58. The van der Waals surface area contributed by atoms with E-state index in [0.717, 1.165) is 29.3 Å². The lowest BCUT2D eigenvalue weighted by Gasteiger charge is -2.25. The van der Waals surface area contributed by atoms with E-state index in [1.54, 1.807) is 13.3 Å². The van der Waals surface area contributed by atoms with Gasteiger partial charge in [-0.2, -0.15) is 0 Å². The number of ether oxygens (including phenoxy) is 1. The van der Waals surface area contributed by atoms with Gasteiger partial charge in [0.2, 0.25) is 0 Å². The van der Waals surface area contributed by atoms with Crippen molar-refractivity contribution in [2.75, 3.05) is 7.11 Å². The SMILES string of the molecule is CCCC(OC)C(Cc1cncc(Br)c1)NN. The van der Waals surface area contributed by atoms with Crippen molar-refractivity contribution in [3.05, 3.63) is 28.5 Å². The molecule has 1 aromatic rings. The van der Waals surface area contributed by atoms with Crippen molar-refractivity contribution in [1.29, 1.82) is 0 Å². The summed E-state index contributed by atoms with van der Waals surface area (Å²) in [6, 6.07) is 2.16. The van der Waals surface area contributed by atoms with Gasteiger partial charge in [0, 0.05) is 24.0 Å². The molecule has 0 saturated carbocycles. The van der Waals surface area contributed by atoms with Gasteiger partial charge in [-0.25, -0.2) is 0 Å². The minimum Gasteiger partial charge on any atom is -0.380 e. The van der Waals surface area contributed by atoms with E-state index in [1.807, 2.05) is 6.20 Å². The molecule has 4 nitrogen and oxygen atoms in total. The first-order valence-electron chi connectivity index (χ1n) is 5.79. The molecule has 3 N–H and O–H groups in total. The van der Waals surface area contributed by atoms with Crippen LogP contribution in [0.25, 0.3) is 0 Å². The summed E-state index contributed by atoms with van der Waals surface area (Å²) in [4.78, 5) is 4.15. The lowest BCUT2D eigenvalue weighted by atomic mass is 10.00. The first-order chi connectivity index (χ1) is 8.21. The molecule has 0 bridgehead atoms. The number of pyridine rings is 1. The van der Waals surface area contributed by atoms with Gasteiger partial charge in [0.1, 0.15) is 0 Å². The molecule has 0 aromatic carbocycles. The number of aromatic nitrogens is 1. The summed E-state index contributed by atoms with van der Waals surface area (Å²) < 4.78 is 6.45. The zero-order valence-corrected chi connectivity index (χ0v) is 11.9. The fourth-order valence-electron chi connectivity index (χ4n) is 1.89. The zero-order chi connectivity index (χ0) is 12.7. The fourth-order valence-corrected chi connectivity index (χ4v) is 2.30. The Kier molecular flexibility index (Phi) is 6.65. The number of hydrazine groups is 1. The van der Waals surface area contributed by atoms with Crippen molar-refractivity contribution in [3.63, 3.8) is 0 Å². The van der Waals surface area contributed by atoms with Crippen LogP contribution >= 0.6 is 15.9 Å². The highest BCUT2D eigenvalue weighted by atomic mass is 79.9. The van der Waals surface area contributed by atoms with E-state index < -0.39 is 0 Å². The molecule has 0 radical (unpaired) electrons. The Hall–Kier alpha value is -0.490. The highest BCUT2D eigenvalue weighted by molar-refractivity contribution is 9.10. The van der Waals surface area contributed by atoms with Crippen LogP contribution in [0.2, 0.25) is 0 Å². The van der Waals surface area contributed by atoms with Crippen LogP contribution in [0.5, 0.6) is 0 Å². The summed E-state index contributed by atoms with van der Waals surface area (Å²) in [5.74, 6) is 5.60. The Morgan fingerprint density at radius 1 is 1.53 bits per heavy atom. The lowest BCUT2D eigenvalue weighted by Crippen LogP contribution is -2.46. The summed E-state index contributed by atoms with van der Waals surface area (Å²) in [7, 11) is 1.73. The van der Waals surface area contributed by atoms with Crippen molar-refractivity contribution in [3.8, 4) is 0 Å². The molecule has 96 valence electrons. The number of methoxy groups -OCH3 is 1. The number of nitrogens with two attached hydrogens (primary N) is 1. The topological polar surface area (TPSA) is 60.2 Å². The van der Waals surface area contributed by atoms with Crippen LogP contribution in [-0.2, 0) is 11.2 Å². The highest BCUT2D eigenvalue weighted by Crippen LogP contribution is 2.14. The Balaban J connectivity index is 2.68. The van der Waals surface area contributed by atoms with Crippen molar-refractivity contribution >= 4 is 15.9 Å². The van der Waals surface area contributed by atoms with Crippen LogP contribution in [0.4, 0.5) is 0 Å². The van der Waals surface area contributed by atoms with Gasteiger partial charge in [-0.3, -0.25) is 16.3 Å². The largest absolute Gasteiger partial charge is 0.380 e. The molecule has 2 atom stereocenters. The van der Waals surface area contributed by atoms with Crippen LogP contribution in [0.3, 0.4) is 0 Å². The second-order valence-corrected chi connectivity index (χ2v) is 4.97. The molecule has 0 aliphatic carbocycles. The molecule has 0 amide bonds. The molecule has 1 rings (SSSR count). The number of nitrogens with one attached hydrogen (secondary N) is 1. The Morgan fingerprint density at radius 2 is 2.29 bits per heavy atom. The molecular weight excluding hydrogens is 282 g/mol. The monoisotopic (exact) mass is 301 g/mol. The fraction of sp³-hybridized carbons (Fsp3) is 0.583. The Bertz CT molecular complexity index is 335. The maximum atomic E-state index is 5.60. The van der Waals surface area contributed by atoms with E-state index in [2.05, 4.69) is 39.3 Å². The van der Waals surface area contributed by atoms with Crippen molar-refractivity contribution in [1.82, 2.24) is 10.4 Å². The van der Waals surface area contributed by atoms with E-state index in [1.165, 1.54) is 0 Å². The number of halogens is 1. The number of hydrogen-bond acceptors (Lipinski definition) is 4. The molecule has 2 unspecified atom stereocenters. The molecule has 0 saturated heterocycles. The molecule has 0 fully saturated rings. The van der Waals surface area contributed by atoms with Crippen LogP contribution in [0.1, 0.15) is 25.3 Å². The normalized spacial score (nSPS) is 14.6. The molecule has 0 spiro atoms. The van der Waals surface area contributed by atoms with Crippen LogP contribution < -0.4 is 11.3 Å². The van der Waals surface area contributed by atoms with Gasteiger partial charge in [-0.05, 0) is 40.4 Å². The van der Waals surface area contributed by atoms with E-state index in [9.17, 15) is 0 Å². The zero-order valence-electron chi connectivity index (χ0n) is 10.3. The number of rotatable bonds is 7. The third-order valence-electron chi connectivity index (χ3n) is 2.76. The molecule has 5 heteroatoms. The standard InChI is InChI=1S/C12H20BrN3O/c1-3-4-12(17-2)11(16-14)6-9-5-10(13)8-15-7-9/h5,7-8,11-12,16H,3-4,6,14H2,1-2H3. The van der Waals surface area contributed by atoms with Gasteiger partial charge < -0.3 is 4.74 Å². The van der Waals surface area contributed by atoms with Gasteiger partial charge in [0.05, 0.1) is 12.1 Å². The molecule has 1 aromatic heterocycles. The van der Waals surface area contributed by atoms with E-state index in [-0.39, 0.29) is 12.1 Å². The Labute approximate surface area is 111 Å². The minimum atomic E-state index is 0.107. The van der Waals surface area contributed by atoms with Crippen molar-refractivity contribution in [2.45, 2.75) is 38.3 Å². The van der Waals surface area contributed by atoms with E-state index >= 15 is 0 Å². The van der Waals surface area contributed by atoms with E-state index in [4.69, 9.17) is 10.6 Å². The molecule has 17 heavy (non-hydrogen) atoms. The van der Waals surface area contributed by atoms with Crippen LogP contribution in [-0.4, -0.2) is 24.2 Å². The maximum absolute atomic E-state index is 5.60. The van der Waals surface area contributed by atoms with Gasteiger partial charge in [0.25, 0.3) is 0 Å². The average molecular weight is 302 g/mol. The summed E-state index contributed by atoms with van der Waals surface area (Å²) in [6.45, 7) is 2.14. The molecule has 0 aliphatic heterocycles. The van der Waals surface area contributed by atoms with Crippen LogP contribution in [0, 0.1) is 0 Å². The second-order valence-electron chi connectivity index (χ2n) is 4.05. The van der Waals surface area contributed by atoms with E-state index in [0.29, 0.717) is 0 Å². The average Bonchev–Trinajstić information content (AvgIpc) is 2.33. The first kappa shape index (κ1) is 14.6. The second kappa shape index (κ2) is 7.76. The maximum Gasteiger partial charge on any atom is 0.0740 e. The predicted molar refractivity (Wildman–Crippen MR) is 72.5 cm³/mol. The smallest absolute Gasteiger partial charge is 0.0740 e.